The summed E-state index contributed by atoms with van der Waals surface area (Å²) in [5.74, 6) is -1.51. The van der Waals surface area contributed by atoms with Crippen LogP contribution in [0.15, 0.2) is 75.7 Å². The average molecular weight is 731 g/mol. The number of para-hydroxylation sites is 1. The van der Waals surface area contributed by atoms with E-state index in [0.717, 1.165) is 12.8 Å². The summed E-state index contributed by atoms with van der Waals surface area (Å²) >= 11 is 7.07. The van der Waals surface area contributed by atoms with Crippen molar-refractivity contribution in [2.45, 2.75) is 84.2 Å². The summed E-state index contributed by atoms with van der Waals surface area (Å²) in [4.78, 5) is 38.5. The van der Waals surface area contributed by atoms with Crippen LogP contribution in [-0.2, 0) is 22.7 Å². The Hall–Kier alpha value is -3.17. The minimum absolute atomic E-state index is 0.0105. The number of aliphatic carboxylic acids is 1. The molecule has 0 aliphatic heterocycles. The third-order valence-corrected chi connectivity index (χ3v) is 8.70. The summed E-state index contributed by atoms with van der Waals surface area (Å²) in [5, 5.41) is 12.5. The van der Waals surface area contributed by atoms with Crippen LogP contribution in [-0.4, -0.2) is 34.3 Å². The summed E-state index contributed by atoms with van der Waals surface area (Å²) in [7, 11) is 0. The van der Waals surface area contributed by atoms with Crippen LogP contribution in [0.3, 0.4) is 0 Å². The fourth-order valence-corrected chi connectivity index (χ4v) is 6.32. The molecule has 9 heteroatoms. The molecule has 2 N–H and O–H groups in total. The van der Waals surface area contributed by atoms with Crippen LogP contribution in [0.4, 0.5) is 0 Å². The van der Waals surface area contributed by atoms with Crippen LogP contribution >= 0.6 is 31.9 Å². The van der Waals surface area contributed by atoms with Crippen molar-refractivity contribution in [1.29, 1.82) is 0 Å². The fourth-order valence-electron chi connectivity index (χ4n) is 4.88. The maximum atomic E-state index is 12.8. The first kappa shape index (κ1) is 35.3. The molecule has 236 valence electrons. The highest BCUT2D eigenvalue weighted by atomic mass is 79.9. The zero-order valence-corrected chi connectivity index (χ0v) is 28.5. The van der Waals surface area contributed by atoms with Crippen molar-refractivity contribution in [3.05, 3.63) is 92.4 Å². The van der Waals surface area contributed by atoms with Crippen molar-refractivity contribution < 1.29 is 24.2 Å². The predicted molar refractivity (Wildman–Crippen MR) is 181 cm³/mol. The van der Waals surface area contributed by atoms with Gasteiger partial charge in [0.2, 0.25) is 0 Å². The molecule has 0 bridgehead atoms. The Morgan fingerprint density at radius 1 is 0.750 bits per heavy atom. The lowest BCUT2D eigenvalue weighted by molar-refractivity contribution is -0.156. The number of hydrogen-bond acceptors (Lipinski definition) is 4. The first-order valence-corrected chi connectivity index (χ1v) is 17.0. The third kappa shape index (κ3) is 12.1. The van der Waals surface area contributed by atoms with Gasteiger partial charge >= 0.3 is 11.9 Å². The lowest BCUT2D eigenvalue weighted by atomic mass is 10.1. The second-order valence-electron chi connectivity index (χ2n) is 10.9. The van der Waals surface area contributed by atoms with Gasteiger partial charge in [-0.2, -0.15) is 0 Å². The molecule has 0 aliphatic rings. The van der Waals surface area contributed by atoms with E-state index >= 15 is 0 Å². The normalized spacial score (nSPS) is 10.8. The summed E-state index contributed by atoms with van der Waals surface area (Å²) in [6, 6.07) is 19.9. The molecule has 7 nitrogen and oxygen atoms in total. The summed E-state index contributed by atoms with van der Waals surface area (Å²) in [6.45, 7) is 2.91. The molecule has 0 heterocycles. The van der Waals surface area contributed by atoms with Crippen molar-refractivity contribution in [1.82, 2.24) is 10.2 Å². The lowest BCUT2D eigenvalue weighted by Gasteiger charge is -2.23. The van der Waals surface area contributed by atoms with Crippen molar-refractivity contribution in [3.63, 3.8) is 0 Å². The Labute approximate surface area is 277 Å². The third-order valence-electron chi connectivity index (χ3n) is 7.29. The fraction of sp³-hybridized carbons (Fsp3) is 0.400. The van der Waals surface area contributed by atoms with Crippen LogP contribution in [0, 0.1) is 0 Å². The number of ether oxygens (including phenoxy) is 1. The number of rotatable bonds is 18. The van der Waals surface area contributed by atoms with Gasteiger partial charge in [0.05, 0.1) is 0 Å². The van der Waals surface area contributed by atoms with Gasteiger partial charge in [0.25, 0.3) is 5.91 Å². The Bertz CT molecular complexity index is 1340. The molecule has 0 aliphatic carbocycles. The summed E-state index contributed by atoms with van der Waals surface area (Å²) in [6.07, 6.45) is 12.3. The lowest BCUT2D eigenvalue weighted by Crippen LogP contribution is -2.35. The molecule has 44 heavy (non-hydrogen) atoms. The highest BCUT2D eigenvalue weighted by Crippen LogP contribution is 2.30. The Kier molecular flexibility index (Phi) is 15.5. The largest absolute Gasteiger partial charge is 0.474 e. The second-order valence-corrected chi connectivity index (χ2v) is 12.6. The first-order chi connectivity index (χ1) is 21.3. The number of benzene rings is 3. The number of nitrogens with one attached hydrogen (secondary N) is 1. The van der Waals surface area contributed by atoms with Crippen molar-refractivity contribution in [3.8, 4) is 11.5 Å². The second kappa shape index (κ2) is 19.3. The van der Waals surface area contributed by atoms with E-state index < -0.39 is 11.9 Å². The van der Waals surface area contributed by atoms with Crippen molar-refractivity contribution in [2.24, 2.45) is 0 Å². The Morgan fingerprint density at radius 2 is 1.34 bits per heavy atom. The van der Waals surface area contributed by atoms with Gasteiger partial charge in [-0.25, -0.2) is 4.79 Å². The molecule has 0 saturated heterocycles. The minimum Gasteiger partial charge on any atom is -0.474 e. The number of nitrogens with zero attached hydrogens (tertiary/aromatic N) is 1. The zero-order valence-electron chi connectivity index (χ0n) is 25.3. The Morgan fingerprint density at radius 3 is 1.95 bits per heavy atom. The molecule has 0 atom stereocenters. The molecular weight excluding hydrogens is 688 g/mol. The number of carboxylic acid groups (broad SMARTS) is 1. The van der Waals surface area contributed by atoms with Gasteiger partial charge in [0.15, 0.2) is 0 Å². The maximum Gasteiger partial charge on any atom is 0.394 e. The van der Waals surface area contributed by atoms with Crippen LogP contribution in [0.2, 0.25) is 0 Å². The van der Waals surface area contributed by atoms with Crippen molar-refractivity contribution >= 4 is 49.6 Å². The average Bonchev–Trinajstić information content (AvgIpc) is 3.01. The van der Waals surface area contributed by atoms with Crippen LogP contribution < -0.4 is 10.1 Å². The molecule has 0 spiro atoms. The minimum atomic E-state index is -1.54. The van der Waals surface area contributed by atoms with Gasteiger partial charge in [-0.3, -0.25) is 9.59 Å². The van der Waals surface area contributed by atoms with Crippen LogP contribution in [0.1, 0.15) is 92.6 Å². The number of carbonyl (C=O) groups excluding carboxylic acids is 2. The van der Waals surface area contributed by atoms with E-state index in [1.165, 1.54) is 56.3 Å². The van der Waals surface area contributed by atoms with Crippen molar-refractivity contribution in [2.75, 3.05) is 6.54 Å². The molecule has 0 saturated carbocycles. The number of carboxylic acids is 1. The van der Waals surface area contributed by atoms with E-state index in [-0.39, 0.29) is 19.0 Å². The molecule has 3 aromatic carbocycles. The predicted octanol–water partition coefficient (Wildman–Crippen LogP) is 9.27. The Balaban J connectivity index is 1.56. The quantitative estimate of drug-likeness (QED) is 0.101. The summed E-state index contributed by atoms with van der Waals surface area (Å²) < 4.78 is 7.09. The molecule has 0 aromatic heterocycles. The van der Waals surface area contributed by atoms with E-state index in [0.29, 0.717) is 43.7 Å². The van der Waals surface area contributed by atoms with Gasteiger partial charge in [-0.15, -0.1) is 0 Å². The van der Waals surface area contributed by atoms with E-state index in [4.69, 9.17) is 4.74 Å². The number of carbonyl (C=O) groups is 3. The molecule has 0 radical (unpaired) electrons. The van der Waals surface area contributed by atoms with Gasteiger partial charge in [0.1, 0.15) is 11.5 Å². The van der Waals surface area contributed by atoms with Crippen LogP contribution in [0.5, 0.6) is 11.5 Å². The SMILES string of the molecule is CCCCCCCCCCCCNC(=O)c1cc(Br)c(CN(Cc2cccc(Oc3ccccc3)c2)C(=O)C(=O)O)c(Br)c1. The van der Waals surface area contributed by atoms with E-state index in [2.05, 4.69) is 44.1 Å². The van der Waals surface area contributed by atoms with E-state index in [1.807, 2.05) is 36.4 Å². The smallest absolute Gasteiger partial charge is 0.394 e. The van der Waals surface area contributed by atoms with Gasteiger partial charge < -0.3 is 20.1 Å². The first-order valence-electron chi connectivity index (χ1n) is 15.4. The number of amides is 2. The summed E-state index contributed by atoms with van der Waals surface area (Å²) in [5.41, 5.74) is 1.84. The highest BCUT2D eigenvalue weighted by molar-refractivity contribution is 9.11. The van der Waals surface area contributed by atoms with Gasteiger partial charge in [0, 0.05) is 34.1 Å². The molecule has 3 rings (SSSR count). The highest BCUT2D eigenvalue weighted by Gasteiger charge is 2.24. The molecule has 3 aromatic rings. The van der Waals surface area contributed by atoms with Crippen LogP contribution in [0.25, 0.3) is 0 Å². The molecule has 0 fully saturated rings. The van der Waals surface area contributed by atoms with E-state index in [1.54, 1.807) is 30.3 Å². The molecule has 2 amide bonds. The molecular formula is C35H42Br2N2O5. The number of halogens is 2. The monoisotopic (exact) mass is 728 g/mol. The molecule has 0 unspecified atom stereocenters. The maximum absolute atomic E-state index is 12.8. The topological polar surface area (TPSA) is 95.9 Å². The van der Waals surface area contributed by atoms with Gasteiger partial charge in [-0.05, 0) is 53.9 Å². The number of hydrogen-bond donors (Lipinski definition) is 2. The van der Waals surface area contributed by atoms with Gasteiger partial charge in [-0.1, -0.05) is 127 Å². The van der Waals surface area contributed by atoms with E-state index in [9.17, 15) is 19.5 Å². The number of unbranched alkanes of at least 4 members (excludes halogenated alkanes) is 9. The standard InChI is InChI=1S/C35H42Br2N2O5/c1-2-3-4-5-6-7-8-9-10-14-20-38-33(40)27-22-31(36)30(32(37)23-27)25-39(34(41)35(42)43)24-26-16-15-19-29(21-26)44-28-17-12-11-13-18-28/h11-13,15-19,21-23H,2-10,14,20,24-25H2,1H3,(H,38,40)(H,42,43). The zero-order chi connectivity index (χ0) is 31.7.